The minimum Gasteiger partial charge on any atom is -0.494 e. The van der Waals surface area contributed by atoms with Gasteiger partial charge in [-0.1, -0.05) is 6.07 Å². The predicted octanol–water partition coefficient (Wildman–Crippen LogP) is 2.44. The standard InChI is InChI=1S/C17H17N3O3/c1-22-10-15-19-16-12(3-4-14(23-2)17(16)20-15)13(9-21)11-5-7-18-8-6-11/h3-9,13H,10H2,1-2H3,(H,19,20). The van der Waals surface area contributed by atoms with Crippen LogP contribution in [-0.2, 0) is 16.1 Å². The van der Waals surface area contributed by atoms with Gasteiger partial charge in [-0.05, 0) is 29.3 Å². The SMILES string of the molecule is COCc1nc2c(C(C=O)c3ccncc3)ccc(OC)c2[nH]1. The monoisotopic (exact) mass is 311 g/mol. The van der Waals surface area contributed by atoms with Crippen molar-refractivity contribution in [2.45, 2.75) is 12.5 Å². The molecule has 2 aromatic heterocycles. The summed E-state index contributed by atoms with van der Waals surface area (Å²) in [6.07, 6.45) is 4.27. The van der Waals surface area contributed by atoms with Crippen LogP contribution in [0, 0.1) is 0 Å². The molecule has 0 bridgehead atoms. The van der Waals surface area contributed by atoms with E-state index >= 15 is 0 Å². The van der Waals surface area contributed by atoms with Crippen molar-refractivity contribution in [3.8, 4) is 5.75 Å². The molecule has 0 aliphatic heterocycles. The molecule has 6 nitrogen and oxygen atoms in total. The highest BCUT2D eigenvalue weighted by atomic mass is 16.5. The van der Waals surface area contributed by atoms with E-state index in [0.29, 0.717) is 23.7 Å². The average Bonchev–Trinajstić information content (AvgIpc) is 3.01. The molecular weight excluding hydrogens is 294 g/mol. The number of H-pyrrole nitrogens is 1. The number of aromatic amines is 1. The van der Waals surface area contributed by atoms with Crippen LogP contribution in [0.3, 0.4) is 0 Å². The van der Waals surface area contributed by atoms with Gasteiger partial charge in [0.25, 0.3) is 0 Å². The molecule has 1 atom stereocenters. The highest BCUT2D eigenvalue weighted by Gasteiger charge is 2.20. The zero-order valence-corrected chi connectivity index (χ0v) is 12.9. The Kier molecular flexibility index (Phi) is 4.34. The predicted molar refractivity (Wildman–Crippen MR) is 85.5 cm³/mol. The molecule has 0 saturated carbocycles. The third-order valence-corrected chi connectivity index (χ3v) is 3.72. The number of imidazole rings is 1. The summed E-state index contributed by atoms with van der Waals surface area (Å²) in [5.74, 6) is 0.954. The van der Waals surface area contributed by atoms with E-state index in [-0.39, 0.29) is 0 Å². The summed E-state index contributed by atoms with van der Waals surface area (Å²) in [6.45, 7) is 0.359. The minimum atomic E-state index is -0.412. The number of benzene rings is 1. The van der Waals surface area contributed by atoms with Gasteiger partial charge in [-0.2, -0.15) is 0 Å². The number of rotatable bonds is 6. The number of hydrogen-bond acceptors (Lipinski definition) is 5. The van der Waals surface area contributed by atoms with E-state index in [1.165, 1.54) is 0 Å². The lowest BCUT2D eigenvalue weighted by Crippen LogP contribution is -2.04. The third kappa shape index (κ3) is 2.80. The van der Waals surface area contributed by atoms with Gasteiger partial charge in [0.15, 0.2) is 0 Å². The van der Waals surface area contributed by atoms with Crippen LogP contribution in [0.2, 0.25) is 0 Å². The van der Waals surface area contributed by atoms with E-state index in [9.17, 15) is 4.79 Å². The first-order chi connectivity index (χ1) is 11.3. The summed E-state index contributed by atoms with van der Waals surface area (Å²) >= 11 is 0. The smallest absolute Gasteiger partial charge is 0.144 e. The first-order valence-corrected chi connectivity index (χ1v) is 7.18. The van der Waals surface area contributed by atoms with Crippen molar-refractivity contribution < 1.29 is 14.3 Å². The number of carbonyl (C=O) groups is 1. The van der Waals surface area contributed by atoms with E-state index < -0.39 is 5.92 Å². The van der Waals surface area contributed by atoms with Gasteiger partial charge in [0.05, 0.1) is 18.5 Å². The maximum absolute atomic E-state index is 11.7. The molecule has 23 heavy (non-hydrogen) atoms. The number of carbonyl (C=O) groups excluding carboxylic acids is 1. The highest BCUT2D eigenvalue weighted by Crippen LogP contribution is 2.33. The van der Waals surface area contributed by atoms with Gasteiger partial charge in [-0.3, -0.25) is 4.98 Å². The number of ether oxygens (including phenoxy) is 2. The van der Waals surface area contributed by atoms with Crippen LogP contribution in [-0.4, -0.2) is 35.5 Å². The number of aldehydes is 1. The van der Waals surface area contributed by atoms with Crippen LogP contribution < -0.4 is 4.74 Å². The second-order valence-corrected chi connectivity index (χ2v) is 5.09. The van der Waals surface area contributed by atoms with Gasteiger partial charge >= 0.3 is 0 Å². The molecule has 3 aromatic rings. The second-order valence-electron chi connectivity index (χ2n) is 5.09. The zero-order valence-electron chi connectivity index (χ0n) is 12.9. The van der Waals surface area contributed by atoms with E-state index in [1.54, 1.807) is 26.6 Å². The van der Waals surface area contributed by atoms with Gasteiger partial charge in [-0.15, -0.1) is 0 Å². The van der Waals surface area contributed by atoms with E-state index in [4.69, 9.17) is 9.47 Å². The van der Waals surface area contributed by atoms with Crippen molar-refractivity contribution in [2.75, 3.05) is 14.2 Å². The Labute approximate surface area is 133 Å². The summed E-state index contributed by atoms with van der Waals surface area (Å²) in [6, 6.07) is 7.37. The van der Waals surface area contributed by atoms with Crippen molar-refractivity contribution in [2.24, 2.45) is 0 Å². The normalized spacial score (nSPS) is 12.3. The lowest BCUT2D eigenvalue weighted by Gasteiger charge is -2.12. The zero-order chi connectivity index (χ0) is 16.2. The maximum atomic E-state index is 11.7. The van der Waals surface area contributed by atoms with Gasteiger partial charge in [0.1, 0.15) is 30.0 Å². The molecule has 0 aliphatic rings. The van der Waals surface area contributed by atoms with Gasteiger partial charge in [0.2, 0.25) is 0 Å². The molecule has 118 valence electrons. The second kappa shape index (κ2) is 6.58. The molecule has 0 radical (unpaired) electrons. The lowest BCUT2D eigenvalue weighted by molar-refractivity contribution is -0.108. The van der Waals surface area contributed by atoms with Crippen molar-refractivity contribution >= 4 is 17.3 Å². The molecule has 3 rings (SSSR count). The van der Waals surface area contributed by atoms with Gasteiger partial charge in [-0.25, -0.2) is 4.98 Å². The first kappa shape index (κ1) is 15.2. The van der Waals surface area contributed by atoms with Crippen LogP contribution in [0.25, 0.3) is 11.0 Å². The molecule has 1 unspecified atom stereocenters. The Balaban J connectivity index is 2.18. The average molecular weight is 311 g/mol. The highest BCUT2D eigenvalue weighted by molar-refractivity contribution is 5.89. The van der Waals surface area contributed by atoms with E-state index in [1.807, 2.05) is 24.3 Å². The number of hydrogen-bond donors (Lipinski definition) is 1. The third-order valence-electron chi connectivity index (χ3n) is 3.72. The Morgan fingerprint density at radius 3 is 2.65 bits per heavy atom. The van der Waals surface area contributed by atoms with Gasteiger partial charge in [0, 0.05) is 19.5 Å². The summed E-state index contributed by atoms with van der Waals surface area (Å²) in [5, 5.41) is 0. The van der Waals surface area contributed by atoms with Crippen LogP contribution in [0.15, 0.2) is 36.7 Å². The minimum absolute atomic E-state index is 0.359. The molecule has 0 fully saturated rings. The fourth-order valence-electron chi connectivity index (χ4n) is 2.67. The summed E-state index contributed by atoms with van der Waals surface area (Å²) < 4.78 is 10.5. The number of aromatic nitrogens is 3. The molecule has 0 saturated heterocycles. The van der Waals surface area contributed by atoms with Crippen molar-refractivity contribution in [3.63, 3.8) is 0 Å². The molecule has 2 heterocycles. The Hall–Kier alpha value is -2.73. The number of pyridine rings is 1. The largest absolute Gasteiger partial charge is 0.494 e. The van der Waals surface area contributed by atoms with Crippen molar-refractivity contribution in [3.05, 3.63) is 53.6 Å². The molecule has 0 amide bonds. The molecule has 6 heteroatoms. The fraction of sp³-hybridized carbons (Fsp3) is 0.235. The van der Waals surface area contributed by atoms with E-state index in [0.717, 1.165) is 22.9 Å². The first-order valence-electron chi connectivity index (χ1n) is 7.18. The Morgan fingerprint density at radius 1 is 1.22 bits per heavy atom. The Morgan fingerprint density at radius 2 is 2.00 bits per heavy atom. The van der Waals surface area contributed by atoms with Gasteiger partial charge < -0.3 is 19.3 Å². The number of nitrogens with one attached hydrogen (secondary N) is 1. The summed E-state index contributed by atoms with van der Waals surface area (Å²) in [4.78, 5) is 23.5. The van der Waals surface area contributed by atoms with Crippen molar-refractivity contribution in [1.29, 1.82) is 0 Å². The quantitative estimate of drug-likeness (QED) is 0.708. The van der Waals surface area contributed by atoms with Crippen molar-refractivity contribution in [1.82, 2.24) is 15.0 Å². The lowest BCUT2D eigenvalue weighted by atomic mass is 9.92. The topological polar surface area (TPSA) is 77.1 Å². The fourth-order valence-corrected chi connectivity index (χ4v) is 2.67. The molecule has 0 aliphatic carbocycles. The molecular formula is C17H17N3O3. The molecule has 0 spiro atoms. The van der Waals surface area contributed by atoms with Crippen LogP contribution in [0.4, 0.5) is 0 Å². The Bertz CT molecular complexity index is 815. The summed E-state index contributed by atoms with van der Waals surface area (Å²) in [7, 11) is 3.21. The van der Waals surface area contributed by atoms with E-state index in [2.05, 4.69) is 15.0 Å². The summed E-state index contributed by atoms with van der Waals surface area (Å²) in [5.41, 5.74) is 3.17. The number of methoxy groups -OCH3 is 2. The van der Waals surface area contributed by atoms with Crippen LogP contribution in [0.5, 0.6) is 5.75 Å². The number of fused-ring (bicyclic) bond motifs is 1. The van der Waals surface area contributed by atoms with Crippen LogP contribution in [0.1, 0.15) is 22.9 Å². The maximum Gasteiger partial charge on any atom is 0.144 e. The molecule has 1 N–H and O–H groups in total. The number of nitrogens with zero attached hydrogens (tertiary/aromatic N) is 2. The van der Waals surface area contributed by atoms with Crippen LogP contribution >= 0.6 is 0 Å². The molecule has 1 aromatic carbocycles.